The van der Waals surface area contributed by atoms with Gasteiger partial charge in [0.05, 0.1) is 18.3 Å². The van der Waals surface area contributed by atoms with Crippen LogP contribution < -0.4 is 5.73 Å². The molecular weight excluding hydrogens is 190 g/mol. The average Bonchev–Trinajstić information content (AvgIpc) is 3.04. The third kappa shape index (κ3) is 2.46. The normalized spacial score (nSPS) is 15.0. The summed E-state index contributed by atoms with van der Waals surface area (Å²) < 4.78 is 0. The van der Waals surface area contributed by atoms with Crippen LogP contribution in [0.3, 0.4) is 0 Å². The molecule has 4 nitrogen and oxygen atoms in total. The van der Waals surface area contributed by atoms with Crippen molar-refractivity contribution in [3.05, 3.63) is 24.0 Å². The van der Waals surface area contributed by atoms with E-state index >= 15 is 0 Å². The molecule has 4 heteroatoms. The molecule has 0 radical (unpaired) electrons. The Labute approximate surface area is 89.1 Å². The summed E-state index contributed by atoms with van der Waals surface area (Å²) >= 11 is 0. The molecule has 1 heterocycles. The summed E-state index contributed by atoms with van der Waals surface area (Å²) in [6.45, 7) is 0. The van der Waals surface area contributed by atoms with Crippen LogP contribution in [0.1, 0.15) is 18.5 Å². The van der Waals surface area contributed by atoms with Crippen LogP contribution in [0.25, 0.3) is 0 Å². The monoisotopic (exact) mass is 205 g/mol. The molecule has 0 aromatic carbocycles. The van der Waals surface area contributed by atoms with Gasteiger partial charge in [0.25, 0.3) is 0 Å². The zero-order valence-corrected chi connectivity index (χ0v) is 8.81. The SMILES string of the molecule is CN(C(=O)Cc1ccc(N)cn1)C1CC1. The fraction of sp³-hybridized carbons (Fsp3) is 0.455. The van der Waals surface area contributed by atoms with E-state index in [1.807, 2.05) is 11.9 Å². The van der Waals surface area contributed by atoms with E-state index in [0.29, 0.717) is 18.2 Å². The molecule has 0 bridgehead atoms. The fourth-order valence-corrected chi connectivity index (χ4v) is 1.49. The Morgan fingerprint density at radius 2 is 2.33 bits per heavy atom. The first-order valence-corrected chi connectivity index (χ1v) is 5.13. The number of hydrogen-bond donors (Lipinski definition) is 1. The van der Waals surface area contributed by atoms with Crippen LogP contribution in [0.4, 0.5) is 5.69 Å². The van der Waals surface area contributed by atoms with Crippen molar-refractivity contribution < 1.29 is 4.79 Å². The predicted molar refractivity (Wildman–Crippen MR) is 58.1 cm³/mol. The summed E-state index contributed by atoms with van der Waals surface area (Å²) in [5.41, 5.74) is 6.92. The molecule has 80 valence electrons. The Morgan fingerprint density at radius 1 is 1.60 bits per heavy atom. The average molecular weight is 205 g/mol. The zero-order chi connectivity index (χ0) is 10.8. The molecule has 1 aliphatic carbocycles. The van der Waals surface area contributed by atoms with Crippen molar-refractivity contribution in [2.45, 2.75) is 25.3 Å². The van der Waals surface area contributed by atoms with Crippen molar-refractivity contribution in [2.75, 3.05) is 12.8 Å². The minimum Gasteiger partial charge on any atom is -0.397 e. The zero-order valence-electron chi connectivity index (χ0n) is 8.81. The van der Waals surface area contributed by atoms with E-state index in [9.17, 15) is 4.79 Å². The second-order valence-electron chi connectivity index (χ2n) is 4.00. The molecule has 2 N–H and O–H groups in total. The van der Waals surface area contributed by atoms with E-state index in [2.05, 4.69) is 4.98 Å². The number of hydrogen-bond acceptors (Lipinski definition) is 3. The predicted octanol–water partition coefficient (Wildman–Crippen LogP) is 0.827. The third-order valence-electron chi connectivity index (χ3n) is 2.67. The number of nitrogen functional groups attached to an aromatic ring is 1. The van der Waals surface area contributed by atoms with Crippen molar-refractivity contribution in [2.24, 2.45) is 0 Å². The van der Waals surface area contributed by atoms with Crippen LogP contribution >= 0.6 is 0 Å². The quantitative estimate of drug-likeness (QED) is 0.795. The summed E-state index contributed by atoms with van der Waals surface area (Å²) in [4.78, 5) is 17.7. The Hall–Kier alpha value is -1.58. The molecule has 0 spiro atoms. The largest absolute Gasteiger partial charge is 0.397 e. The van der Waals surface area contributed by atoms with Crippen molar-refractivity contribution in [1.82, 2.24) is 9.88 Å². The number of nitrogens with zero attached hydrogens (tertiary/aromatic N) is 2. The summed E-state index contributed by atoms with van der Waals surface area (Å²) in [6.07, 6.45) is 4.22. The molecule has 1 aromatic rings. The Morgan fingerprint density at radius 3 is 2.87 bits per heavy atom. The van der Waals surface area contributed by atoms with Crippen molar-refractivity contribution >= 4 is 11.6 Å². The van der Waals surface area contributed by atoms with Gasteiger partial charge in [0, 0.05) is 18.8 Å². The fourth-order valence-electron chi connectivity index (χ4n) is 1.49. The lowest BCUT2D eigenvalue weighted by molar-refractivity contribution is -0.129. The van der Waals surface area contributed by atoms with E-state index in [1.54, 1.807) is 18.3 Å². The van der Waals surface area contributed by atoms with Gasteiger partial charge in [0.1, 0.15) is 0 Å². The number of nitrogens with two attached hydrogens (primary N) is 1. The standard InChI is InChI=1S/C11H15N3O/c1-14(10-4-5-10)11(15)6-9-3-2-8(12)7-13-9/h2-3,7,10H,4-6,12H2,1H3. The van der Waals surface area contributed by atoms with Gasteiger partial charge in [-0.3, -0.25) is 9.78 Å². The van der Waals surface area contributed by atoms with Gasteiger partial charge in [-0.05, 0) is 25.0 Å². The van der Waals surface area contributed by atoms with Crippen LogP contribution in [0.5, 0.6) is 0 Å². The maximum absolute atomic E-state index is 11.7. The number of rotatable bonds is 3. The molecule has 1 aliphatic rings. The van der Waals surface area contributed by atoms with Crippen molar-refractivity contribution in [3.63, 3.8) is 0 Å². The van der Waals surface area contributed by atoms with Crippen LogP contribution in [0.15, 0.2) is 18.3 Å². The van der Waals surface area contributed by atoms with E-state index in [0.717, 1.165) is 18.5 Å². The van der Waals surface area contributed by atoms with Crippen LogP contribution in [-0.4, -0.2) is 28.9 Å². The van der Waals surface area contributed by atoms with Crippen LogP contribution in [0, 0.1) is 0 Å². The second-order valence-corrected chi connectivity index (χ2v) is 4.00. The summed E-state index contributed by atoms with van der Waals surface area (Å²) in [5, 5.41) is 0. The number of carbonyl (C=O) groups excluding carboxylic acids is 1. The van der Waals surface area contributed by atoms with Gasteiger partial charge < -0.3 is 10.6 Å². The Kier molecular flexibility index (Phi) is 2.58. The van der Waals surface area contributed by atoms with E-state index in [-0.39, 0.29) is 5.91 Å². The highest BCUT2D eigenvalue weighted by Gasteiger charge is 2.29. The lowest BCUT2D eigenvalue weighted by Gasteiger charge is -2.15. The maximum atomic E-state index is 11.7. The lowest BCUT2D eigenvalue weighted by atomic mass is 10.2. The lowest BCUT2D eigenvalue weighted by Crippen LogP contribution is -2.30. The second kappa shape index (κ2) is 3.88. The first-order valence-electron chi connectivity index (χ1n) is 5.13. The van der Waals surface area contributed by atoms with Crippen LogP contribution in [-0.2, 0) is 11.2 Å². The van der Waals surface area contributed by atoms with Gasteiger partial charge >= 0.3 is 0 Å². The van der Waals surface area contributed by atoms with Gasteiger partial charge in [-0.2, -0.15) is 0 Å². The number of likely N-dealkylation sites (N-methyl/N-ethyl adjacent to an activating group) is 1. The van der Waals surface area contributed by atoms with Crippen LogP contribution in [0.2, 0.25) is 0 Å². The van der Waals surface area contributed by atoms with Gasteiger partial charge in [0.2, 0.25) is 5.91 Å². The molecule has 0 atom stereocenters. The maximum Gasteiger partial charge on any atom is 0.228 e. The first-order chi connectivity index (χ1) is 7.16. The molecule has 2 rings (SSSR count). The van der Waals surface area contributed by atoms with Gasteiger partial charge in [-0.15, -0.1) is 0 Å². The van der Waals surface area contributed by atoms with E-state index in [1.165, 1.54) is 0 Å². The highest BCUT2D eigenvalue weighted by Crippen LogP contribution is 2.25. The van der Waals surface area contributed by atoms with E-state index < -0.39 is 0 Å². The molecule has 0 saturated heterocycles. The number of amides is 1. The summed E-state index contributed by atoms with van der Waals surface area (Å²) in [7, 11) is 1.86. The molecule has 1 aromatic heterocycles. The third-order valence-corrected chi connectivity index (χ3v) is 2.67. The first kappa shape index (κ1) is 9.96. The molecule has 1 fully saturated rings. The van der Waals surface area contributed by atoms with E-state index in [4.69, 9.17) is 5.73 Å². The molecule has 15 heavy (non-hydrogen) atoms. The van der Waals surface area contributed by atoms with Gasteiger partial charge in [0.15, 0.2) is 0 Å². The van der Waals surface area contributed by atoms with Gasteiger partial charge in [-0.25, -0.2) is 0 Å². The number of anilines is 1. The topological polar surface area (TPSA) is 59.2 Å². The number of aromatic nitrogens is 1. The Bertz CT molecular complexity index is 357. The van der Waals surface area contributed by atoms with Gasteiger partial charge in [-0.1, -0.05) is 0 Å². The minimum absolute atomic E-state index is 0.134. The Balaban J connectivity index is 1.95. The molecule has 0 unspecified atom stereocenters. The summed E-state index contributed by atoms with van der Waals surface area (Å²) in [5.74, 6) is 0.134. The van der Waals surface area contributed by atoms with Crippen molar-refractivity contribution in [1.29, 1.82) is 0 Å². The highest BCUT2D eigenvalue weighted by molar-refractivity contribution is 5.78. The van der Waals surface area contributed by atoms with Crippen molar-refractivity contribution in [3.8, 4) is 0 Å². The smallest absolute Gasteiger partial charge is 0.228 e. The molecule has 0 aliphatic heterocycles. The number of pyridine rings is 1. The molecule has 1 amide bonds. The summed E-state index contributed by atoms with van der Waals surface area (Å²) in [6, 6.07) is 4.03. The highest BCUT2D eigenvalue weighted by atomic mass is 16.2. The molecular formula is C11H15N3O. The molecule has 1 saturated carbocycles. The minimum atomic E-state index is 0.134. The number of carbonyl (C=O) groups is 1.